The van der Waals surface area contributed by atoms with Gasteiger partial charge in [-0.25, -0.2) is 0 Å². The number of nitrogens with one attached hydrogen (secondary N) is 2. The molecule has 1 saturated heterocycles. The van der Waals surface area contributed by atoms with Gasteiger partial charge in [0.2, 0.25) is 0 Å². The molecule has 2 N–H and O–H groups in total. The maximum atomic E-state index is 11.9. The third-order valence-electron chi connectivity index (χ3n) is 2.87. The number of halogens is 1. The van der Waals surface area contributed by atoms with Crippen LogP contribution in [0.2, 0.25) is 0 Å². The van der Waals surface area contributed by atoms with E-state index in [4.69, 9.17) is 0 Å². The minimum atomic E-state index is -0.0307. The molecule has 1 aliphatic rings. The Morgan fingerprint density at radius 1 is 1.65 bits per heavy atom. The van der Waals surface area contributed by atoms with Crippen LogP contribution in [0.4, 0.5) is 0 Å². The summed E-state index contributed by atoms with van der Waals surface area (Å²) < 4.78 is 1.63. The van der Waals surface area contributed by atoms with E-state index in [1.807, 2.05) is 13.0 Å². The Hall–Kier alpha value is -1.07. The topological polar surface area (TPSA) is 59.0 Å². The van der Waals surface area contributed by atoms with Crippen molar-refractivity contribution in [1.82, 2.24) is 20.4 Å². The largest absolute Gasteiger partial charge is 0.347 e. The van der Waals surface area contributed by atoms with Crippen LogP contribution in [-0.2, 0) is 7.05 Å². The second kappa shape index (κ2) is 6.02. The van der Waals surface area contributed by atoms with E-state index in [0.29, 0.717) is 5.69 Å². The van der Waals surface area contributed by atoms with Gasteiger partial charge in [-0.15, -0.1) is 12.4 Å². The Morgan fingerprint density at radius 3 is 2.94 bits per heavy atom. The van der Waals surface area contributed by atoms with Crippen molar-refractivity contribution in [3.8, 4) is 0 Å². The lowest BCUT2D eigenvalue weighted by Gasteiger charge is -2.23. The third kappa shape index (κ3) is 3.44. The normalized spacial score (nSPS) is 19.5. The van der Waals surface area contributed by atoms with Crippen LogP contribution in [0.1, 0.15) is 29.0 Å². The van der Waals surface area contributed by atoms with Gasteiger partial charge in [-0.1, -0.05) is 0 Å². The second-order valence-corrected chi connectivity index (χ2v) is 4.31. The standard InChI is InChI=1S/C11H18N4O.ClH/c1-8-6-10(15(2)14-8)11(16)13-9-4-3-5-12-7-9;/h6,9,12H,3-5,7H2,1-2H3,(H,13,16);1H. The molecule has 1 fully saturated rings. The highest BCUT2D eigenvalue weighted by Crippen LogP contribution is 2.05. The molecule has 96 valence electrons. The van der Waals surface area contributed by atoms with Crippen molar-refractivity contribution in [3.05, 3.63) is 17.5 Å². The molecule has 0 aliphatic carbocycles. The molecule has 0 spiro atoms. The summed E-state index contributed by atoms with van der Waals surface area (Å²) >= 11 is 0. The zero-order chi connectivity index (χ0) is 11.5. The molecule has 6 heteroatoms. The number of rotatable bonds is 2. The van der Waals surface area contributed by atoms with E-state index >= 15 is 0 Å². The second-order valence-electron chi connectivity index (χ2n) is 4.31. The lowest BCUT2D eigenvalue weighted by atomic mass is 10.1. The highest BCUT2D eigenvalue weighted by Gasteiger charge is 2.18. The Kier molecular flexibility index (Phi) is 4.96. The number of hydrogen-bond acceptors (Lipinski definition) is 3. The van der Waals surface area contributed by atoms with Crippen molar-refractivity contribution in [2.45, 2.75) is 25.8 Å². The van der Waals surface area contributed by atoms with Gasteiger partial charge < -0.3 is 10.6 Å². The first-order valence-electron chi connectivity index (χ1n) is 5.69. The Labute approximate surface area is 107 Å². The fraction of sp³-hybridized carbons (Fsp3) is 0.636. The molecular weight excluding hydrogens is 240 g/mol. The van der Waals surface area contributed by atoms with Crippen LogP contribution in [-0.4, -0.2) is 34.8 Å². The maximum absolute atomic E-state index is 11.9. The first-order valence-corrected chi connectivity index (χ1v) is 5.69. The molecule has 1 unspecified atom stereocenters. The first-order chi connectivity index (χ1) is 7.66. The zero-order valence-corrected chi connectivity index (χ0v) is 11.0. The minimum Gasteiger partial charge on any atom is -0.347 e. The van der Waals surface area contributed by atoms with E-state index in [1.165, 1.54) is 0 Å². The average molecular weight is 259 g/mol. The van der Waals surface area contributed by atoms with Gasteiger partial charge in [0.05, 0.1) is 5.69 Å². The number of piperidine rings is 1. The van der Waals surface area contributed by atoms with E-state index in [-0.39, 0.29) is 24.4 Å². The van der Waals surface area contributed by atoms with Gasteiger partial charge in [0, 0.05) is 19.6 Å². The number of aryl methyl sites for hydroxylation is 2. The van der Waals surface area contributed by atoms with Crippen molar-refractivity contribution in [2.75, 3.05) is 13.1 Å². The van der Waals surface area contributed by atoms with Crippen LogP contribution >= 0.6 is 12.4 Å². The van der Waals surface area contributed by atoms with Gasteiger partial charge in [-0.3, -0.25) is 9.48 Å². The van der Waals surface area contributed by atoms with E-state index < -0.39 is 0 Å². The molecule has 0 aromatic carbocycles. The summed E-state index contributed by atoms with van der Waals surface area (Å²) in [5.74, 6) is -0.0307. The number of nitrogens with zero attached hydrogens (tertiary/aromatic N) is 2. The molecule has 2 rings (SSSR count). The van der Waals surface area contributed by atoms with Crippen molar-refractivity contribution < 1.29 is 4.79 Å². The third-order valence-corrected chi connectivity index (χ3v) is 2.87. The quantitative estimate of drug-likeness (QED) is 0.818. The Balaban J connectivity index is 0.00000144. The summed E-state index contributed by atoms with van der Waals surface area (Å²) in [4.78, 5) is 11.9. The van der Waals surface area contributed by atoms with Crippen LogP contribution < -0.4 is 10.6 Å². The molecule has 1 atom stereocenters. The molecule has 17 heavy (non-hydrogen) atoms. The van der Waals surface area contributed by atoms with E-state index in [9.17, 15) is 4.79 Å². The molecule has 0 saturated carbocycles. The average Bonchev–Trinajstić information content (AvgIpc) is 2.59. The maximum Gasteiger partial charge on any atom is 0.269 e. The van der Waals surface area contributed by atoms with Gasteiger partial charge in [-0.2, -0.15) is 5.10 Å². The lowest BCUT2D eigenvalue weighted by molar-refractivity contribution is 0.0921. The molecule has 0 bridgehead atoms. The Morgan fingerprint density at radius 2 is 2.41 bits per heavy atom. The molecule has 1 aromatic rings. The number of amides is 1. The van der Waals surface area contributed by atoms with Gasteiger partial charge in [0.15, 0.2) is 0 Å². The number of aromatic nitrogens is 2. The summed E-state index contributed by atoms with van der Waals surface area (Å²) in [6, 6.07) is 2.06. The predicted octanol–water partition coefficient (Wildman–Crippen LogP) is 0.632. The summed E-state index contributed by atoms with van der Waals surface area (Å²) in [5, 5.41) is 10.5. The number of hydrogen-bond donors (Lipinski definition) is 2. The molecule has 5 nitrogen and oxygen atoms in total. The van der Waals surface area contributed by atoms with E-state index in [2.05, 4.69) is 15.7 Å². The first kappa shape index (κ1) is 14.0. The van der Waals surface area contributed by atoms with Gasteiger partial charge in [0.1, 0.15) is 5.69 Å². The van der Waals surface area contributed by atoms with Gasteiger partial charge in [0.25, 0.3) is 5.91 Å². The summed E-state index contributed by atoms with van der Waals surface area (Å²) in [7, 11) is 1.79. The zero-order valence-electron chi connectivity index (χ0n) is 10.2. The van der Waals surface area contributed by atoms with Gasteiger partial charge in [-0.05, 0) is 32.4 Å². The smallest absolute Gasteiger partial charge is 0.269 e. The fourth-order valence-electron chi connectivity index (χ4n) is 2.06. The Bertz CT molecular complexity index is 385. The predicted molar refractivity (Wildman–Crippen MR) is 68.6 cm³/mol. The SMILES string of the molecule is Cc1cc(C(=O)NC2CCCNC2)n(C)n1.Cl. The van der Waals surface area contributed by atoms with Gasteiger partial charge >= 0.3 is 0 Å². The highest BCUT2D eigenvalue weighted by atomic mass is 35.5. The molecule has 1 aromatic heterocycles. The van der Waals surface area contributed by atoms with Crippen LogP contribution in [0.15, 0.2) is 6.07 Å². The number of carbonyl (C=O) groups excluding carboxylic acids is 1. The van der Waals surface area contributed by atoms with Crippen molar-refractivity contribution in [3.63, 3.8) is 0 Å². The monoisotopic (exact) mass is 258 g/mol. The summed E-state index contributed by atoms with van der Waals surface area (Å²) in [5.41, 5.74) is 1.50. The highest BCUT2D eigenvalue weighted by molar-refractivity contribution is 5.92. The minimum absolute atomic E-state index is 0. The van der Waals surface area contributed by atoms with Crippen molar-refractivity contribution in [1.29, 1.82) is 0 Å². The van der Waals surface area contributed by atoms with Crippen LogP contribution in [0.25, 0.3) is 0 Å². The molecule has 1 amide bonds. The number of carbonyl (C=O) groups is 1. The fourth-order valence-corrected chi connectivity index (χ4v) is 2.06. The van der Waals surface area contributed by atoms with E-state index in [1.54, 1.807) is 11.7 Å². The van der Waals surface area contributed by atoms with E-state index in [0.717, 1.165) is 31.6 Å². The molecule has 1 aliphatic heterocycles. The lowest BCUT2D eigenvalue weighted by Crippen LogP contribution is -2.46. The van der Waals surface area contributed by atoms with Crippen LogP contribution in [0, 0.1) is 6.92 Å². The molecule has 2 heterocycles. The van der Waals surface area contributed by atoms with Crippen molar-refractivity contribution >= 4 is 18.3 Å². The van der Waals surface area contributed by atoms with Crippen LogP contribution in [0.5, 0.6) is 0 Å². The summed E-state index contributed by atoms with van der Waals surface area (Å²) in [6.45, 7) is 3.80. The molecular formula is C11H19ClN4O. The van der Waals surface area contributed by atoms with Crippen molar-refractivity contribution in [2.24, 2.45) is 7.05 Å². The summed E-state index contributed by atoms with van der Waals surface area (Å²) in [6.07, 6.45) is 2.17. The van der Waals surface area contributed by atoms with Crippen LogP contribution in [0.3, 0.4) is 0 Å². The molecule has 0 radical (unpaired) electrons.